The molecule has 6 heteroatoms. The van der Waals surface area contributed by atoms with Crippen LogP contribution in [-0.4, -0.2) is 42.9 Å². The number of carbonyl (C=O) groups excluding carboxylic acids is 2. The molecule has 166 valence electrons. The molecule has 32 heavy (non-hydrogen) atoms. The lowest BCUT2D eigenvalue weighted by atomic mass is 9.98. The molecule has 5 nitrogen and oxygen atoms in total. The predicted molar refractivity (Wildman–Crippen MR) is 129 cm³/mol. The summed E-state index contributed by atoms with van der Waals surface area (Å²) in [5.74, 6) is -0.0122. The number of hydrogen-bond donors (Lipinski definition) is 0. The standard InChI is InChI=1S/C26H28ClN3O2/c1-18-5-4-16-29(17-18)24-23(19-6-8-20(27)9-7-19)25(31)30(26(24)32)22-12-10-21(11-13-22)28-14-2-3-15-28/h6-13,18H,2-5,14-17H2,1H3. The molecule has 2 amide bonds. The maximum Gasteiger partial charge on any atom is 0.282 e. The summed E-state index contributed by atoms with van der Waals surface area (Å²) in [7, 11) is 0. The van der Waals surface area contributed by atoms with Crippen molar-refractivity contribution in [3.8, 4) is 0 Å². The molecule has 3 aliphatic rings. The van der Waals surface area contributed by atoms with Gasteiger partial charge >= 0.3 is 0 Å². The van der Waals surface area contributed by atoms with Crippen LogP contribution in [0.2, 0.25) is 5.02 Å². The monoisotopic (exact) mass is 449 g/mol. The van der Waals surface area contributed by atoms with E-state index in [-0.39, 0.29) is 11.8 Å². The summed E-state index contributed by atoms with van der Waals surface area (Å²) in [4.78, 5) is 33.1. The van der Waals surface area contributed by atoms with Crippen molar-refractivity contribution in [3.63, 3.8) is 0 Å². The molecule has 2 aromatic carbocycles. The van der Waals surface area contributed by atoms with E-state index in [1.807, 2.05) is 36.4 Å². The molecule has 0 aromatic heterocycles. The van der Waals surface area contributed by atoms with Gasteiger partial charge in [-0.15, -0.1) is 0 Å². The van der Waals surface area contributed by atoms with Gasteiger partial charge < -0.3 is 9.80 Å². The Morgan fingerprint density at radius 1 is 0.781 bits per heavy atom. The average Bonchev–Trinajstić information content (AvgIpc) is 3.41. The summed E-state index contributed by atoms with van der Waals surface area (Å²) in [5.41, 5.74) is 3.49. The lowest BCUT2D eigenvalue weighted by molar-refractivity contribution is -0.120. The number of imide groups is 1. The van der Waals surface area contributed by atoms with Gasteiger partial charge in [-0.3, -0.25) is 9.59 Å². The van der Waals surface area contributed by atoms with Crippen molar-refractivity contribution in [3.05, 3.63) is 64.8 Å². The molecule has 0 aliphatic carbocycles. The minimum absolute atomic E-state index is 0.233. The summed E-state index contributed by atoms with van der Waals surface area (Å²) in [6.45, 7) is 5.89. The smallest absolute Gasteiger partial charge is 0.282 e. The molecule has 2 aromatic rings. The molecular formula is C26H28ClN3O2. The number of rotatable bonds is 4. The van der Waals surface area contributed by atoms with Crippen molar-refractivity contribution >= 4 is 40.4 Å². The van der Waals surface area contributed by atoms with Crippen LogP contribution in [0.1, 0.15) is 38.2 Å². The molecular weight excluding hydrogens is 422 g/mol. The van der Waals surface area contributed by atoms with Gasteiger partial charge in [0.2, 0.25) is 0 Å². The quantitative estimate of drug-likeness (QED) is 0.619. The molecule has 2 saturated heterocycles. The van der Waals surface area contributed by atoms with Crippen LogP contribution in [0.25, 0.3) is 5.57 Å². The summed E-state index contributed by atoms with van der Waals surface area (Å²) in [6.07, 6.45) is 4.57. The van der Waals surface area contributed by atoms with Gasteiger partial charge in [-0.05, 0) is 73.6 Å². The Hall–Kier alpha value is -2.79. The number of halogens is 1. The third kappa shape index (κ3) is 3.79. The minimum Gasteiger partial charge on any atom is -0.372 e. The highest BCUT2D eigenvalue weighted by molar-refractivity contribution is 6.45. The summed E-state index contributed by atoms with van der Waals surface area (Å²) < 4.78 is 0. The number of amides is 2. The van der Waals surface area contributed by atoms with Crippen LogP contribution < -0.4 is 9.80 Å². The van der Waals surface area contributed by atoms with Crippen LogP contribution in [0, 0.1) is 5.92 Å². The highest BCUT2D eigenvalue weighted by Crippen LogP contribution is 2.37. The number of likely N-dealkylation sites (tertiary alicyclic amines) is 1. The summed E-state index contributed by atoms with van der Waals surface area (Å²) in [6, 6.07) is 15.0. The lowest BCUT2D eigenvalue weighted by Gasteiger charge is -2.33. The molecule has 0 saturated carbocycles. The first-order chi connectivity index (χ1) is 15.5. The van der Waals surface area contributed by atoms with Gasteiger partial charge in [0.1, 0.15) is 5.70 Å². The van der Waals surface area contributed by atoms with E-state index in [9.17, 15) is 9.59 Å². The summed E-state index contributed by atoms with van der Waals surface area (Å²) in [5, 5.41) is 0.605. The van der Waals surface area contributed by atoms with Crippen molar-refractivity contribution in [2.24, 2.45) is 5.92 Å². The second kappa shape index (κ2) is 8.62. The van der Waals surface area contributed by atoms with E-state index in [1.54, 1.807) is 12.1 Å². The zero-order chi connectivity index (χ0) is 22.2. The highest BCUT2D eigenvalue weighted by Gasteiger charge is 2.43. The Morgan fingerprint density at radius 2 is 1.41 bits per heavy atom. The molecule has 2 fully saturated rings. The topological polar surface area (TPSA) is 43.9 Å². The number of benzene rings is 2. The molecule has 3 heterocycles. The number of piperidine rings is 1. The van der Waals surface area contributed by atoms with Crippen LogP contribution in [0.3, 0.4) is 0 Å². The van der Waals surface area contributed by atoms with E-state index < -0.39 is 0 Å². The fraction of sp³-hybridized carbons (Fsp3) is 0.385. The van der Waals surface area contributed by atoms with E-state index >= 15 is 0 Å². The molecule has 3 aliphatic heterocycles. The zero-order valence-electron chi connectivity index (χ0n) is 18.4. The Labute approximate surface area is 194 Å². The Morgan fingerprint density at radius 3 is 2.06 bits per heavy atom. The van der Waals surface area contributed by atoms with Gasteiger partial charge in [0.15, 0.2) is 0 Å². The van der Waals surface area contributed by atoms with Crippen LogP contribution in [0.5, 0.6) is 0 Å². The number of hydrogen-bond acceptors (Lipinski definition) is 4. The van der Waals surface area contributed by atoms with Gasteiger partial charge in [-0.1, -0.05) is 30.7 Å². The first-order valence-corrected chi connectivity index (χ1v) is 11.9. The predicted octanol–water partition coefficient (Wildman–Crippen LogP) is 4.96. The van der Waals surface area contributed by atoms with Crippen LogP contribution in [-0.2, 0) is 9.59 Å². The molecule has 1 atom stereocenters. The minimum atomic E-state index is -0.264. The van der Waals surface area contributed by atoms with E-state index in [1.165, 1.54) is 17.7 Å². The number of nitrogens with zero attached hydrogens (tertiary/aromatic N) is 3. The van der Waals surface area contributed by atoms with Gasteiger partial charge in [0.25, 0.3) is 11.8 Å². The fourth-order valence-electron chi connectivity index (χ4n) is 5.10. The van der Waals surface area contributed by atoms with Crippen molar-refractivity contribution in [2.75, 3.05) is 36.0 Å². The molecule has 5 rings (SSSR count). The first-order valence-electron chi connectivity index (χ1n) is 11.5. The summed E-state index contributed by atoms with van der Waals surface area (Å²) >= 11 is 6.09. The number of carbonyl (C=O) groups is 2. The van der Waals surface area contributed by atoms with Gasteiger partial charge in [0, 0.05) is 36.9 Å². The molecule has 0 spiro atoms. The maximum absolute atomic E-state index is 13.7. The Bertz CT molecular complexity index is 1060. The third-order valence-electron chi connectivity index (χ3n) is 6.74. The van der Waals surface area contributed by atoms with Gasteiger partial charge in [-0.25, -0.2) is 4.90 Å². The van der Waals surface area contributed by atoms with Crippen molar-refractivity contribution in [2.45, 2.75) is 32.6 Å². The maximum atomic E-state index is 13.7. The van der Waals surface area contributed by atoms with Crippen LogP contribution >= 0.6 is 11.6 Å². The van der Waals surface area contributed by atoms with E-state index in [0.717, 1.165) is 50.3 Å². The highest BCUT2D eigenvalue weighted by atomic mass is 35.5. The normalized spacial score (nSPS) is 21.8. The number of anilines is 2. The van der Waals surface area contributed by atoms with Gasteiger partial charge in [-0.2, -0.15) is 0 Å². The molecule has 1 unspecified atom stereocenters. The van der Waals surface area contributed by atoms with E-state index in [4.69, 9.17) is 11.6 Å². The second-order valence-electron chi connectivity index (χ2n) is 9.08. The average molecular weight is 450 g/mol. The van der Waals surface area contributed by atoms with Crippen molar-refractivity contribution in [1.82, 2.24) is 4.90 Å². The van der Waals surface area contributed by atoms with Crippen molar-refractivity contribution in [1.29, 1.82) is 0 Å². The van der Waals surface area contributed by atoms with E-state index in [0.29, 0.717) is 27.9 Å². The third-order valence-corrected chi connectivity index (χ3v) is 7.00. The molecule has 0 bridgehead atoms. The van der Waals surface area contributed by atoms with Crippen LogP contribution in [0.15, 0.2) is 54.2 Å². The zero-order valence-corrected chi connectivity index (χ0v) is 19.1. The molecule has 0 N–H and O–H groups in total. The van der Waals surface area contributed by atoms with Crippen molar-refractivity contribution < 1.29 is 9.59 Å². The molecule has 0 radical (unpaired) electrons. The Balaban J connectivity index is 1.52. The Kier molecular flexibility index (Phi) is 5.68. The van der Waals surface area contributed by atoms with E-state index in [2.05, 4.69) is 16.7 Å². The fourth-order valence-corrected chi connectivity index (χ4v) is 5.23. The van der Waals surface area contributed by atoms with Crippen LogP contribution in [0.4, 0.5) is 11.4 Å². The lowest BCUT2D eigenvalue weighted by Crippen LogP contribution is -2.39. The first kappa shape index (κ1) is 21.1. The van der Waals surface area contributed by atoms with Gasteiger partial charge in [0.05, 0.1) is 11.3 Å². The SMILES string of the molecule is CC1CCCN(C2=C(c3ccc(Cl)cc3)C(=O)N(c3ccc(N4CCCC4)cc3)C2=O)C1. The second-order valence-corrected chi connectivity index (χ2v) is 9.52. The largest absolute Gasteiger partial charge is 0.372 e.